The third kappa shape index (κ3) is 4.49. The highest BCUT2D eigenvalue weighted by atomic mass is 79.9. The second-order valence-corrected chi connectivity index (χ2v) is 6.15. The second-order valence-electron chi connectivity index (χ2n) is 5.37. The van der Waals surface area contributed by atoms with Gasteiger partial charge in [0.15, 0.2) is 10.4 Å². The van der Waals surface area contributed by atoms with E-state index < -0.39 is 18.6 Å². The lowest BCUT2D eigenvalue weighted by molar-refractivity contribution is -0.0498. The van der Waals surface area contributed by atoms with Crippen LogP contribution in [0.4, 0.5) is 8.78 Å². The van der Waals surface area contributed by atoms with E-state index in [1.54, 1.807) is 24.3 Å². The average molecular weight is 422 g/mol. The largest absolute Gasteiger partial charge is 0.444 e. The standard InChI is InChI=1S/C19H14BrF2NO3/c20-16-11-10-15(26-16)18(24)23-17(12-4-2-1-3-5-12)13-6-8-14(9-7-13)25-19(21)22/h1-11,17,19H,(H,23,24). The minimum absolute atomic E-state index is 0.0526. The highest BCUT2D eigenvalue weighted by Crippen LogP contribution is 2.25. The molecule has 1 atom stereocenters. The Morgan fingerprint density at radius 1 is 0.962 bits per heavy atom. The number of furan rings is 1. The molecule has 0 aliphatic rings. The number of benzene rings is 2. The maximum absolute atomic E-state index is 12.5. The fourth-order valence-corrected chi connectivity index (χ4v) is 2.79. The van der Waals surface area contributed by atoms with Crippen molar-refractivity contribution in [1.82, 2.24) is 5.32 Å². The molecule has 0 saturated carbocycles. The van der Waals surface area contributed by atoms with Gasteiger partial charge in [-0.05, 0) is 51.3 Å². The van der Waals surface area contributed by atoms with Gasteiger partial charge in [0.05, 0.1) is 6.04 Å². The maximum Gasteiger partial charge on any atom is 0.387 e. The molecule has 7 heteroatoms. The quantitative estimate of drug-likeness (QED) is 0.597. The molecule has 1 heterocycles. The molecule has 3 aromatic rings. The van der Waals surface area contributed by atoms with Crippen LogP contribution in [0.1, 0.15) is 27.7 Å². The first-order valence-electron chi connectivity index (χ1n) is 7.69. The molecule has 0 aliphatic heterocycles. The molecule has 1 unspecified atom stereocenters. The molecule has 4 nitrogen and oxygen atoms in total. The first kappa shape index (κ1) is 18.1. The van der Waals surface area contributed by atoms with Gasteiger partial charge in [-0.2, -0.15) is 8.78 Å². The van der Waals surface area contributed by atoms with Gasteiger partial charge < -0.3 is 14.5 Å². The number of carbonyl (C=O) groups is 1. The van der Waals surface area contributed by atoms with E-state index in [1.807, 2.05) is 30.3 Å². The van der Waals surface area contributed by atoms with Gasteiger partial charge in [-0.1, -0.05) is 42.5 Å². The van der Waals surface area contributed by atoms with Crippen molar-refractivity contribution in [3.63, 3.8) is 0 Å². The van der Waals surface area contributed by atoms with E-state index >= 15 is 0 Å². The molecule has 2 aromatic carbocycles. The van der Waals surface area contributed by atoms with E-state index in [2.05, 4.69) is 26.0 Å². The minimum atomic E-state index is -2.89. The number of halogens is 3. The van der Waals surface area contributed by atoms with Gasteiger partial charge in [-0.15, -0.1) is 0 Å². The molecule has 0 bridgehead atoms. The Morgan fingerprint density at radius 2 is 1.62 bits per heavy atom. The summed E-state index contributed by atoms with van der Waals surface area (Å²) in [5, 5.41) is 2.90. The summed E-state index contributed by atoms with van der Waals surface area (Å²) in [5.41, 5.74) is 1.56. The van der Waals surface area contributed by atoms with Crippen LogP contribution in [0.2, 0.25) is 0 Å². The van der Waals surface area contributed by atoms with Crippen LogP contribution >= 0.6 is 15.9 Å². The summed E-state index contributed by atoms with van der Waals surface area (Å²) in [6.45, 7) is -2.89. The lowest BCUT2D eigenvalue weighted by atomic mass is 9.98. The van der Waals surface area contributed by atoms with Crippen LogP contribution in [-0.2, 0) is 0 Å². The van der Waals surface area contributed by atoms with E-state index in [9.17, 15) is 13.6 Å². The summed E-state index contributed by atoms with van der Waals surface area (Å²) < 4.78 is 34.7. The number of hydrogen-bond acceptors (Lipinski definition) is 3. The van der Waals surface area contributed by atoms with E-state index in [4.69, 9.17) is 4.42 Å². The molecule has 1 aromatic heterocycles. The van der Waals surface area contributed by atoms with Gasteiger partial charge in [0.2, 0.25) is 0 Å². The average Bonchev–Trinajstić information content (AvgIpc) is 3.07. The van der Waals surface area contributed by atoms with Crippen molar-refractivity contribution in [2.75, 3.05) is 0 Å². The minimum Gasteiger partial charge on any atom is -0.444 e. The van der Waals surface area contributed by atoms with Crippen LogP contribution in [0.25, 0.3) is 0 Å². The monoisotopic (exact) mass is 421 g/mol. The highest BCUT2D eigenvalue weighted by molar-refractivity contribution is 9.10. The van der Waals surface area contributed by atoms with Gasteiger partial charge in [-0.3, -0.25) is 4.79 Å². The number of rotatable bonds is 6. The third-order valence-electron chi connectivity index (χ3n) is 3.64. The Labute approximate surface area is 156 Å². The summed E-state index contributed by atoms with van der Waals surface area (Å²) in [6.07, 6.45) is 0. The Bertz CT molecular complexity index is 866. The molecule has 0 radical (unpaired) electrons. The Hall–Kier alpha value is -2.67. The van der Waals surface area contributed by atoms with Crippen molar-refractivity contribution < 1.29 is 22.7 Å². The summed E-state index contributed by atoms with van der Waals surface area (Å²) in [5.74, 6) is -0.176. The van der Waals surface area contributed by atoms with Gasteiger partial charge >= 0.3 is 6.61 Å². The van der Waals surface area contributed by atoms with Crippen molar-refractivity contribution in [3.8, 4) is 5.75 Å². The van der Waals surface area contributed by atoms with Crippen molar-refractivity contribution in [3.05, 3.63) is 88.3 Å². The van der Waals surface area contributed by atoms with E-state index in [0.717, 1.165) is 11.1 Å². The molecular weight excluding hydrogens is 408 g/mol. The molecule has 0 aliphatic carbocycles. The first-order chi connectivity index (χ1) is 12.5. The summed E-state index contributed by atoms with van der Waals surface area (Å²) in [4.78, 5) is 12.5. The summed E-state index contributed by atoms with van der Waals surface area (Å²) in [7, 11) is 0. The number of amides is 1. The van der Waals surface area contributed by atoms with Crippen LogP contribution in [0.15, 0.2) is 75.8 Å². The lowest BCUT2D eigenvalue weighted by Crippen LogP contribution is -2.29. The fraction of sp³-hybridized carbons (Fsp3) is 0.105. The van der Waals surface area contributed by atoms with E-state index in [-0.39, 0.29) is 11.5 Å². The zero-order valence-electron chi connectivity index (χ0n) is 13.4. The molecule has 1 N–H and O–H groups in total. The first-order valence-corrected chi connectivity index (χ1v) is 8.48. The number of ether oxygens (including phenoxy) is 1. The molecule has 0 spiro atoms. The summed E-state index contributed by atoms with van der Waals surface area (Å²) >= 11 is 3.16. The fourth-order valence-electron chi connectivity index (χ4n) is 2.48. The molecule has 134 valence electrons. The SMILES string of the molecule is O=C(NC(c1ccccc1)c1ccc(OC(F)F)cc1)c1ccc(Br)o1. The maximum atomic E-state index is 12.5. The van der Waals surface area contributed by atoms with Crippen molar-refractivity contribution in [2.45, 2.75) is 12.7 Å². The molecule has 3 rings (SSSR count). The Balaban J connectivity index is 1.87. The van der Waals surface area contributed by atoms with E-state index in [1.165, 1.54) is 12.1 Å². The number of nitrogens with one attached hydrogen (secondary N) is 1. The van der Waals surface area contributed by atoms with Crippen molar-refractivity contribution in [1.29, 1.82) is 0 Å². The molecule has 0 fully saturated rings. The molecule has 1 amide bonds. The Kier molecular flexibility index (Phi) is 5.68. The normalized spacial score (nSPS) is 12.0. The van der Waals surface area contributed by atoms with E-state index in [0.29, 0.717) is 4.67 Å². The zero-order chi connectivity index (χ0) is 18.5. The number of alkyl halides is 2. The van der Waals surface area contributed by atoms with Crippen LogP contribution in [0.5, 0.6) is 5.75 Å². The molecule has 26 heavy (non-hydrogen) atoms. The Morgan fingerprint density at radius 3 is 2.19 bits per heavy atom. The number of hydrogen-bond donors (Lipinski definition) is 1. The van der Waals surface area contributed by atoms with Gasteiger partial charge in [-0.25, -0.2) is 0 Å². The smallest absolute Gasteiger partial charge is 0.387 e. The second kappa shape index (κ2) is 8.14. The van der Waals surface area contributed by atoms with Crippen LogP contribution in [-0.4, -0.2) is 12.5 Å². The predicted octanol–water partition coefficient (Wildman–Crippen LogP) is 5.16. The van der Waals surface area contributed by atoms with Gasteiger partial charge in [0.1, 0.15) is 5.75 Å². The summed E-state index contributed by atoms with van der Waals surface area (Å²) in [6, 6.07) is 18.2. The topological polar surface area (TPSA) is 51.5 Å². The third-order valence-corrected chi connectivity index (χ3v) is 4.07. The van der Waals surface area contributed by atoms with Gasteiger partial charge in [0, 0.05) is 0 Å². The van der Waals surface area contributed by atoms with Crippen molar-refractivity contribution >= 4 is 21.8 Å². The van der Waals surface area contributed by atoms with Crippen LogP contribution < -0.4 is 10.1 Å². The number of carbonyl (C=O) groups excluding carboxylic acids is 1. The lowest BCUT2D eigenvalue weighted by Gasteiger charge is -2.19. The molecule has 0 saturated heterocycles. The van der Waals surface area contributed by atoms with Crippen LogP contribution in [0, 0.1) is 0 Å². The van der Waals surface area contributed by atoms with Crippen LogP contribution in [0.3, 0.4) is 0 Å². The van der Waals surface area contributed by atoms with Crippen molar-refractivity contribution in [2.24, 2.45) is 0 Å². The molecular formula is C19H14BrF2NO3. The highest BCUT2D eigenvalue weighted by Gasteiger charge is 2.20. The van der Waals surface area contributed by atoms with Gasteiger partial charge in [0.25, 0.3) is 5.91 Å². The predicted molar refractivity (Wildman–Crippen MR) is 95.2 cm³/mol. The zero-order valence-corrected chi connectivity index (χ0v) is 15.0.